The van der Waals surface area contributed by atoms with Crippen LogP contribution in [0.4, 0.5) is 14.5 Å². The van der Waals surface area contributed by atoms with Crippen molar-refractivity contribution >= 4 is 35.0 Å². The van der Waals surface area contributed by atoms with Crippen LogP contribution < -0.4 is 5.32 Å². The van der Waals surface area contributed by atoms with E-state index in [1.165, 1.54) is 37.9 Å². The van der Waals surface area contributed by atoms with Gasteiger partial charge in [0.25, 0.3) is 5.91 Å². The van der Waals surface area contributed by atoms with E-state index in [0.717, 1.165) is 22.2 Å². The second-order valence-electron chi connectivity index (χ2n) is 6.37. The summed E-state index contributed by atoms with van der Waals surface area (Å²) in [7, 11) is 0. The summed E-state index contributed by atoms with van der Waals surface area (Å²) in [5.74, 6) is -0.115. The fourth-order valence-electron chi connectivity index (χ4n) is 2.12. The van der Waals surface area contributed by atoms with Gasteiger partial charge in [-0.05, 0) is 58.2 Å². The van der Waals surface area contributed by atoms with Gasteiger partial charge in [0.15, 0.2) is 0 Å². The first kappa shape index (κ1) is 26.8. The van der Waals surface area contributed by atoms with E-state index in [4.69, 9.17) is 4.42 Å². The second-order valence-corrected chi connectivity index (χ2v) is 7.36. The number of nitrogens with zero attached hydrogens (tertiary/aromatic N) is 2. The molecule has 0 saturated heterocycles. The Morgan fingerprint density at radius 3 is 2.34 bits per heavy atom. The number of halogens is 2. The van der Waals surface area contributed by atoms with Crippen molar-refractivity contribution in [1.82, 2.24) is 4.98 Å². The maximum Gasteiger partial charge on any atom is 0.254 e. The number of aliphatic imine (C=N–C) groups is 1. The number of benzene rings is 1. The predicted molar refractivity (Wildman–Crippen MR) is 130 cm³/mol. The van der Waals surface area contributed by atoms with E-state index in [1.54, 1.807) is 25.3 Å². The third-order valence-corrected chi connectivity index (χ3v) is 5.28. The minimum Gasteiger partial charge on any atom is -0.448 e. The fraction of sp³-hybridized carbons (Fsp3) is 0.208. The SMILES string of the molecule is C/C=C(\C)F.C=C/C(F)=C(\C)C(=O)Nc1ccc(/C(SCc2ncco2)=C(\C)N=C)cc1. The minimum atomic E-state index is -0.648. The molecule has 0 bridgehead atoms. The third kappa shape index (κ3) is 8.85. The first-order valence-corrected chi connectivity index (χ1v) is 10.6. The Labute approximate surface area is 191 Å². The normalized spacial score (nSPS) is 12.6. The van der Waals surface area contributed by atoms with Crippen LogP contribution in [0.25, 0.3) is 4.91 Å². The predicted octanol–water partition coefficient (Wildman–Crippen LogP) is 7.24. The topological polar surface area (TPSA) is 67.5 Å². The lowest BCUT2D eigenvalue weighted by Gasteiger charge is -2.11. The Balaban J connectivity index is 0.000000920. The molecule has 0 radical (unpaired) electrons. The van der Waals surface area contributed by atoms with Gasteiger partial charge in [-0.1, -0.05) is 24.8 Å². The van der Waals surface area contributed by atoms with Crippen molar-refractivity contribution in [2.75, 3.05) is 5.32 Å². The summed E-state index contributed by atoms with van der Waals surface area (Å²) >= 11 is 1.53. The number of carbonyl (C=O) groups is 1. The van der Waals surface area contributed by atoms with E-state index in [9.17, 15) is 13.6 Å². The molecule has 1 aromatic heterocycles. The number of oxazole rings is 1. The summed E-state index contributed by atoms with van der Waals surface area (Å²) < 4.78 is 30.0. The molecule has 1 amide bonds. The van der Waals surface area contributed by atoms with Gasteiger partial charge in [0.05, 0.1) is 23.5 Å². The molecule has 0 fully saturated rings. The number of carbonyl (C=O) groups excluding carboxylic acids is 1. The Kier molecular flexibility index (Phi) is 11.7. The molecule has 5 nitrogen and oxygen atoms in total. The highest BCUT2D eigenvalue weighted by molar-refractivity contribution is 8.07. The first-order valence-electron chi connectivity index (χ1n) is 9.61. The van der Waals surface area contributed by atoms with Crippen LogP contribution in [-0.4, -0.2) is 17.6 Å². The van der Waals surface area contributed by atoms with Crippen LogP contribution in [-0.2, 0) is 10.5 Å². The van der Waals surface area contributed by atoms with E-state index in [-0.39, 0.29) is 11.4 Å². The molecular formula is C24H27F2N3O2S. The lowest BCUT2D eigenvalue weighted by molar-refractivity contribution is -0.112. The number of nitrogens with one attached hydrogen (secondary N) is 1. The van der Waals surface area contributed by atoms with E-state index in [0.29, 0.717) is 17.3 Å². The fourth-order valence-corrected chi connectivity index (χ4v) is 3.10. The monoisotopic (exact) mass is 459 g/mol. The van der Waals surface area contributed by atoms with Gasteiger partial charge in [0, 0.05) is 16.2 Å². The Morgan fingerprint density at radius 2 is 1.88 bits per heavy atom. The maximum atomic E-state index is 13.4. The van der Waals surface area contributed by atoms with Crippen LogP contribution in [0.3, 0.4) is 0 Å². The van der Waals surface area contributed by atoms with Crippen LogP contribution in [0.15, 0.2) is 87.8 Å². The lowest BCUT2D eigenvalue weighted by Crippen LogP contribution is -2.13. The number of amides is 1. The van der Waals surface area contributed by atoms with Crippen LogP contribution in [0.5, 0.6) is 0 Å². The Hall–Kier alpha value is -3.26. The van der Waals surface area contributed by atoms with Crippen LogP contribution >= 0.6 is 11.8 Å². The van der Waals surface area contributed by atoms with Gasteiger partial charge in [-0.3, -0.25) is 9.79 Å². The molecule has 0 aliphatic rings. The van der Waals surface area contributed by atoms with Crippen LogP contribution in [0.1, 0.15) is 39.1 Å². The average Bonchev–Trinajstić information content (AvgIpc) is 3.32. The van der Waals surface area contributed by atoms with Gasteiger partial charge < -0.3 is 9.73 Å². The number of hydrogen-bond acceptors (Lipinski definition) is 5. The zero-order valence-electron chi connectivity index (χ0n) is 18.6. The average molecular weight is 460 g/mol. The van der Waals surface area contributed by atoms with Gasteiger partial charge in [0.2, 0.25) is 5.89 Å². The van der Waals surface area contributed by atoms with E-state index < -0.39 is 11.7 Å². The molecule has 0 atom stereocenters. The highest BCUT2D eigenvalue weighted by Crippen LogP contribution is 2.34. The van der Waals surface area contributed by atoms with E-state index >= 15 is 0 Å². The zero-order chi connectivity index (χ0) is 24.1. The van der Waals surface area contributed by atoms with Gasteiger partial charge >= 0.3 is 0 Å². The minimum absolute atomic E-state index is 0.0251. The van der Waals surface area contributed by atoms with Crippen molar-refractivity contribution < 1.29 is 18.0 Å². The van der Waals surface area contributed by atoms with Crippen LogP contribution in [0, 0.1) is 0 Å². The Morgan fingerprint density at radius 1 is 1.25 bits per heavy atom. The number of thioether (sulfide) groups is 1. The smallest absolute Gasteiger partial charge is 0.254 e. The van der Waals surface area contributed by atoms with Crippen molar-refractivity contribution in [2.45, 2.75) is 33.4 Å². The Bertz CT molecular complexity index is 1000. The third-order valence-electron chi connectivity index (χ3n) is 4.07. The van der Waals surface area contributed by atoms with Crippen molar-refractivity contribution in [3.63, 3.8) is 0 Å². The summed E-state index contributed by atoms with van der Waals surface area (Å²) in [6.45, 7) is 13.3. The quantitative estimate of drug-likeness (QED) is 0.257. The summed E-state index contributed by atoms with van der Waals surface area (Å²) in [6.07, 6.45) is 5.55. The molecule has 1 aromatic carbocycles. The standard InChI is InChI=1S/C20H20FN3O2S.C4H7F/c1-5-17(21)13(2)20(25)24-16-8-6-15(7-9-16)19(14(3)22-4)27-12-18-23-10-11-26-18;1-3-4(2)5/h5-11H,1,4,12H2,2-3H3,(H,24,25);3H,1-2H3/b17-13-,19-14-;4-3+. The lowest BCUT2D eigenvalue weighted by atomic mass is 10.1. The number of hydrogen-bond donors (Lipinski definition) is 1. The molecule has 0 aliphatic carbocycles. The highest BCUT2D eigenvalue weighted by Gasteiger charge is 2.11. The van der Waals surface area contributed by atoms with Crippen molar-refractivity contribution in [3.05, 3.63) is 89.8 Å². The summed E-state index contributed by atoms with van der Waals surface area (Å²) in [5, 5.41) is 2.65. The first-order chi connectivity index (χ1) is 15.2. The van der Waals surface area contributed by atoms with Crippen molar-refractivity contribution in [2.24, 2.45) is 4.99 Å². The van der Waals surface area contributed by atoms with Gasteiger partial charge in [-0.25, -0.2) is 13.8 Å². The van der Waals surface area contributed by atoms with Crippen molar-refractivity contribution in [1.29, 1.82) is 0 Å². The van der Waals surface area contributed by atoms with Gasteiger partial charge in [-0.15, -0.1) is 11.8 Å². The molecule has 170 valence electrons. The summed E-state index contributed by atoms with van der Waals surface area (Å²) in [5.41, 5.74) is 2.22. The van der Waals surface area contributed by atoms with Crippen LogP contribution in [0.2, 0.25) is 0 Å². The molecule has 2 rings (SSSR count). The molecular weight excluding hydrogens is 432 g/mol. The van der Waals surface area contributed by atoms with Gasteiger partial charge in [0.1, 0.15) is 12.1 Å². The van der Waals surface area contributed by atoms with E-state index in [1.807, 2.05) is 19.1 Å². The summed E-state index contributed by atoms with van der Waals surface area (Å²) in [4.78, 5) is 21.1. The highest BCUT2D eigenvalue weighted by atomic mass is 32.2. The summed E-state index contributed by atoms with van der Waals surface area (Å²) in [6, 6.07) is 7.19. The molecule has 2 aromatic rings. The molecule has 0 unspecified atom stereocenters. The molecule has 8 heteroatoms. The molecule has 32 heavy (non-hydrogen) atoms. The molecule has 1 heterocycles. The number of aromatic nitrogens is 1. The van der Waals surface area contributed by atoms with Crippen molar-refractivity contribution in [3.8, 4) is 0 Å². The molecule has 0 spiro atoms. The number of anilines is 1. The molecule has 1 N–H and O–H groups in total. The molecule has 0 aliphatic heterocycles. The zero-order valence-corrected chi connectivity index (χ0v) is 19.4. The number of allylic oxidation sites excluding steroid dienone is 5. The maximum absolute atomic E-state index is 13.4. The number of rotatable bonds is 8. The largest absolute Gasteiger partial charge is 0.448 e. The van der Waals surface area contributed by atoms with E-state index in [2.05, 4.69) is 28.6 Å². The second kappa shape index (κ2) is 13.9. The molecule has 0 saturated carbocycles. The van der Waals surface area contributed by atoms with Gasteiger partial charge in [-0.2, -0.15) is 0 Å².